The van der Waals surface area contributed by atoms with Crippen LogP contribution < -0.4 is 10.6 Å². The van der Waals surface area contributed by atoms with Crippen molar-refractivity contribution in [2.24, 2.45) is 0 Å². The van der Waals surface area contributed by atoms with Crippen molar-refractivity contribution >= 4 is 11.6 Å². The fraction of sp³-hybridized carbons (Fsp3) is 0.333. The fourth-order valence-electron chi connectivity index (χ4n) is 1.92. The largest absolute Gasteiger partial charge is 0.444 e. The Hall–Kier alpha value is -2.30. The van der Waals surface area contributed by atoms with Crippen molar-refractivity contribution in [2.75, 3.05) is 11.9 Å². The van der Waals surface area contributed by atoms with E-state index >= 15 is 0 Å². The number of rotatable bonds is 5. The summed E-state index contributed by atoms with van der Waals surface area (Å²) in [6, 6.07) is 5.77. The van der Waals surface area contributed by atoms with Crippen LogP contribution in [0.15, 0.2) is 28.8 Å². The Morgan fingerprint density at radius 1 is 1.35 bits per heavy atom. The molecule has 0 radical (unpaired) electrons. The van der Waals surface area contributed by atoms with Gasteiger partial charge in [0.05, 0.1) is 18.3 Å². The average Bonchev–Trinajstić information content (AvgIpc) is 2.84. The van der Waals surface area contributed by atoms with Gasteiger partial charge in [0, 0.05) is 12.2 Å². The van der Waals surface area contributed by atoms with Gasteiger partial charge in [-0.2, -0.15) is 0 Å². The summed E-state index contributed by atoms with van der Waals surface area (Å²) < 4.78 is 5.33. The minimum Gasteiger partial charge on any atom is -0.444 e. The van der Waals surface area contributed by atoms with E-state index in [0.717, 1.165) is 23.6 Å². The SMILES string of the molecule is CCNc1ccc(C)cc1C(=O)NCc1ncc(C)o1. The predicted molar refractivity (Wildman–Crippen MR) is 77.8 cm³/mol. The molecule has 2 aromatic rings. The molecule has 20 heavy (non-hydrogen) atoms. The number of oxazole rings is 1. The zero-order valence-corrected chi connectivity index (χ0v) is 12.0. The first-order chi connectivity index (χ1) is 9.60. The molecule has 0 saturated heterocycles. The third-order valence-corrected chi connectivity index (χ3v) is 2.86. The molecular weight excluding hydrogens is 254 g/mol. The van der Waals surface area contributed by atoms with E-state index in [1.807, 2.05) is 39.0 Å². The predicted octanol–water partition coefficient (Wildman–Crippen LogP) is 2.65. The molecule has 0 aliphatic heterocycles. The van der Waals surface area contributed by atoms with E-state index in [-0.39, 0.29) is 12.5 Å². The molecule has 2 N–H and O–H groups in total. The Morgan fingerprint density at radius 3 is 2.80 bits per heavy atom. The van der Waals surface area contributed by atoms with Gasteiger partial charge in [-0.25, -0.2) is 4.98 Å². The van der Waals surface area contributed by atoms with E-state index in [0.29, 0.717) is 11.5 Å². The first kappa shape index (κ1) is 14.1. The van der Waals surface area contributed by atoms with Gasteiger partial charge < -0.3 is 15.1 Å². The van der Waals surface area contributed by atoms with Crippen LogP contribution in [0.3, 0.4) is 0 Å². The summed E-state index contributed by atoms with van der Waals surface area (Å²) in [4.78, 5) is 16.3. The molecule has 1 amide bonds. The van der Waals surface area contributed by atoms with Crippen molar-refractivity contribution < 1.29 is 9.21 Å². The third kappa shape index (κ3) is 3.38. The van der Waals surface area contributed by atoms with E-state index in [1.165, 1.54) is 0 Å². The Bertz CT molecular complexity index is 605. The number of anilines is 1. The number of carbonyl (C=O) groups is 1. The van der Waals surface area contributed by atoms with Gasteiger partial charge in [-0.15, -0.1) is 0 Å². The molecule has 0 fully saturated rings. The summed E-state index contributed by atoms with van der Waals surface area (Å²) in [7, 11) is 0. The van der Waals surface area contributed by atoms with Gasteiger partial charge in [-0.05, 0) is 32.9 Å². The van der Waals surface area contributed by atoms with Crippen LogP contribution in [0.2, 0.25) is 0 Å². The summed E-state index contributed by atoms with van der Waals surface area (Å²) in [5, 5.41) is 6.01. The maximum absolute atomic E-state index is 12.3. The van der Waals surface area contributed by atoms with Gasteiger partial charge in [-0.1, -0.05) is 11.6 Å². The zero-order chi connectivity index (χ0) is 14.5. The first-order valence-corrected chi connectivity index (χ1v) is 6.64. The maximum Gasteiger partial charge on any atom is 0.253 e. The number of aromatic nitrogens is 1. The highest BCUT2D eigenvalue weighted by Gasteiger charge is 2.12. The van der Waals surface area contributed by atoms with Gasteiger partial charge in [-0.3, -0.25) is 4.79 Å². The number of nitrogens with one attached hydrogen (secondary N) is 2. The van der Waals surface area contributed by atoms with Crippen LogP contribution in [-0.2, 0) is 6.54 Å². The van der Waals surface area contributed by atoms with Gasteiger partial charge >= 0.3 is 0 Å². The summed E-state index contributed by atoms with van der Waals surface area (Å²) in [6.45, 7) is 6.83. The quantitative estimate of drug-likeness (QED) is 0.879. The molecule has 0 unspecified atom stereocenters. The average molecular weight is 273 g/mol. The standard InChI is InChI=1S/C15H19N3O2/c1-4-16-13-6-5-10(2)7-12(13)15(19)18-9-14-17-8-11(3)20-14/h5-8,16H,4,9H2,1-3H3,(H,18,19). The molecule has 1 aromatic heterocycles. The molecule has 106 valence electrons. The van der Waals surface area contributed by atoms with E-state index in [1.54, 1.807) is 6.20 Å². The Kier molecular flexibility index (Phi) is 4.40. The van der Waals surface area contributed by atoms with Crippen LogP contribution in [0.1, 0.15) is 34.5 Å². The molecule has 0 aliphatic carbocycles. The van der Waals surface area contributed by atoms with E-state index in [2.05, 4.69) is 15.6 Å². The molecule has 0 atom stereocenters. The highest BCUT2D eigenvalue weighted by atomic mass is 16.4. The van der Waals surface area contributed by atoms with Gasteiger partial charge in [0.25, 0.3) is 5.91 Å². The maximum atomic E-state index is 12.3. The van der Waals surface area contributed by atoms with Gasteiger partial charge in [0.15, 0.2) is 0 Å². The number of hydrogen-bond donors (Lipinski definition) is 2. The van der Waals surface area contributed by atoms with Crippen LogP contribution >= 0.6 is 0 Å². The van der Waals surface area contributed by atoms with E-state index < -0.39 is 0 Å². The van der Waals surface area contributed by atoms with Crippen molar-refractivity contribution in [3.8, 4) is 0 Å². The molecule has 1 heterocycles. The van der Waals surface area contributed by atoms with Crippen molar-refractivity contribution in [2.45, 2.75) is 27.3 Å². The van der Waals surface area contributed by atoms with Crippen molar-refractivity contribution in [3.05, 3.63) is 47.2 Å². The first-order valence-electron chi connectivity index (χ1n) is 6.64. The molecule has 0 spiro atoms. The third-order valence-electron chi connectivity index (χ3n) is 2.86. The Morgan fingerprint density at radius 2 is 2.15 bits per heavy atom. The molecule has 0 aliphatic rings. The minimum absolute atomic E-state index is 0.138. The number of carbonyl (C=O) groups excluding carboxylic acids is 1. The fourth-order valence-corrected chi connectivity index (χ4v) is 1.92. The lowest BCUT2D eigenvalue weighted by molar-refractivity contribution is 0.0948. The molecule has 0 saturated carbocycles. The number of aryl methyl sites for hydroxylation is 2. The molecule has 1 aromatic carbocycles. The second-order valence-electron chi connectivity index (χ2n) is 4.63. The van der Waals surface area contributed by atoms with Gasteiger partial charge in [0.2, 0.25) is 5.89 Å². The van der Waals surface area contributed by atoms with Crippen LogP contribution in [0.4, 0.5) is 5.69 Å². The monoisotopic (exact) mass is 273 g/mol. The normalized spacial score (nSPS) is 10.3. The minimum atomic E-state index is -0.138. The topological polar surface area (TPSA) is 67.2 Å². The van der Waals surface area contributed by atoms with Gasteiger partial charge in [0.1, 0.15) is 5.76 Å². The van der Waals surface area contributed by atoms with Crippen LogP contribution in [0.25, 0.3) is 0 Å². The number of hydrogen-bond acceptors (Lipinski definition) is 4. The van der Waals surface area contributed by atoms with E-state index in [4.69, 9.17) is 4.42 Å². The lowest BCUT2D eigenvalue weighted by atomic mass is 10.1. The number of benzene rings is 1. The summed E-state index contributed by atoms with van der Waals surface area (Å²) >= 11 is 0. The highest BCUT2D eigenvalue weighted by molar-refractivity contribution is 5.99. The Labute approximate surface area is 118 Å². The molecular formula is C15H19N3O2. The van der Waals surface area contributed by atoms with Crippen LogP contribution in [-0.4, -0.2) is 17.4 Å². The molecule has 5 heteroatoms. The van der Waals surface area contributed by atoms with E-state index in [9.17, 15) is 4.79 Å². The molecule has 2 rings (SSSR count). The van der Waals surface area contributed by atoms with Crippen molar-refractivity contribution in [1.29, 1.82) is 0 Å². The molecule has 5 nitrogen and oxygen atoms in total. The second kappa shape index (κ2) is 6.23. The zero-order valence-electron chi connectivity index (χ0n) is 12.0. The smallest absolute Gasteiger partial charge is 0.253 e. The summed E-state index contributed by atoms with van der Waals surface area (Å²) in [5.41, 5.74) is 2.51. The highest BCUT2D eigenvalue weighted by Crippen LogP contribution is 2.17. The van der Waals surface area contributed by atoms with Crippen LogP contribution in [0, 0.1) is 13.8 Å². The Balaban J connectivity index is 2.09. The summed E-state index contributed by atoms with van der Waals surface area (Å²) in [5.74, 6) is 1.10. The molecule has 0 bridgehead atoms. The second-order valence-corrected chi connectivity index (χ2v) is 4.63. The lowest BCUT2D eigenvalue weighted by Crippen LogP contribution is -2.24. The number of nitrogens with zero attached hydrogens (tertiary/aromatic N) is 1. The summed E-state index contributed by atoms with van der Waals surface area (Å²) in [6.07, 6.45) is 1.64. The van der Waals surface area contributed by atoms with Crippen LogP contribution in [0.5, 0.6) is 0 Å². The van der Waals surface area contributed by atoms with Crippen molar-refractivity contribution in [3.63, 3.8) is 0 Å². The van der Waals surface area contributed by atoms with Crippen molar-refractivity contribution in [1.82, 2.24) is 10.3 Å². The lowest BCUT2D eigenvalue weighted by Gasteiger charge is -2.11. The number of amides is 1.